The summed E-state index contributed by atoms with van der Waals surface area (Å²) < 4.78 is 13.3. The topological polar surface area (TPSA) is 65.6 Å². The molecule has 0 amide bonds. The van der Waals surface area contributed by atoms with Gasteiger partial charge in [0, 0.05) is 35.1 Å². The van der Waals surface area contributed by atoms with Gasteiger partial charge in [0.1, 0.15) is 18.0 Å². The van der Waals surface area contributed by atoms with Crippen molar-refractivity contribution in [1.82, 2.24) is 20.3 Å². The van der Waals surface area contributed by atoms with Gasteiger partial charge < -0.3 is 15.6 Å². The third-order valence-electron chi connectivity index (χ3n) is 4.21. The van der Waals surface area contributed by atoms with E-state index < -0.39 is 0 Å². The summed E-state index contributed by atoms with van der Waals surface area (Å²) in [5.41, 5.74) is 4.25. The number of hydrogen-bond acceptors (Lipinski definition) is 4. The largest absolute Gasteiger partial charge is 0.364 e. The van der Waals surface area contributed by atoms with Crippen molar-refractivity contribution in [1.29, 1.82) is 0 Å². The Morgan fingerprint density at radius 3 is 3.00 bits per heavy atom. The maximum Gasteiger partial charge on any atom is 0.133 e. The highest BCUT2D eigenvalue weighted by Crippen LogP contribution is 2.20. The van der Waals surface area contributed by atoms with Crippen LogP contribution in [-0.4, -0.2) is 28.0 Å². The highest BCUT2D eigenvalue weighted by atomic mass is 19.1. The van der Waals surface area contributed by atoms with Crippen molar-refractivity contribution in [3.05, 3.63) is 53.4 Å². The first kappa shape index (κ1) is 14.1. The molecule has 3 heterocycles. The van der Waals surface area contributed by atoms with E-state index in [1.165, 1.54) is 17.7 Å². The second-order valence-electron chi connectivity index (χ2n) is 5.78. The standard InChI is InChI=1S/C17H18FN5/c18-12-1-2-15-11(7-12)8-13(23-15)9-20-17-14-3-5-19-6-4-16(14)21-10-22-17/h1-2,7-8,10,19,23H,3-6,9H2,(H,20,21,22). The average molecular weight is 311 g/mol. The van der Waals surface area contributed by atoms with Crippen LogP contribution in [0.5, 0.6) is 0 Å². The van der Waals surface area contributed by atoms with E-state index in [0.29, 0.717) is 6.54 Å². The first-order valence-corrected chi connectivity index (χ1v) is 7.84. The number of hydrogen-bond donors (Lipinski definition) is 3. The number of aromatic amines is 1. The van der Waals surface area contributed by atoms with Crippen molar-refractivity contribution >= 4 is 16.7 Å². The van der Waals surface area contributed by atoms with Gasteiger partial charge in [0.25, 0.3) is 0 Å². The Balaban J connectivity index is 1.56. The molecule has 6 heteroatoms. The van der Waals surface area contributed by atoms with Gasteiger partial charge >= 0.3 is 0 Å². The van der Waals surface area contributed by atoms with Gasteiger partial charge in [-0.2, -0.15) is 0 Å². The molecule has 118 valence electrons. The van der Waals surface area contributed by atoms with E-state index in [-0.39, 0.29) is 5.82 Å². The second kappa shape index (κ2) is 5.96. The number of nitrogens with zero attached hydrogens (tertiary/aromatic N) is 2. The quantitative estimate of drug-likeness (QED) is 0.695. The third-order valence-corrected chi connectivity index (χ3v) is 4.21. The lowest BCUT2D eigenvalue weighted by Gasteiger charge is -2.11. The molecule has 0 fully saturated rings. The smallest absolute Gasteiger partial charge is 0.133 e. The number of H-pyrrole nitrogens is 1. The molecule has 0 saturated heterocycles. The molecule has 0 bridgehead atoms. The van der Waals surface area contributed by atoms with Crippen LogP contribution in [0.4, 0.5) is 10.2 Å². The molecule has 5 nitrogen and oxygen atoms in total. The minimum Gasteiger partial charge on any atom is -0.364 e. The maximum absolute atomic E-state index is 13.3. The van der Waals surface area contributed by atoms with E-state index >= 15 is 0 Å². The summed E-state index contributed by atoms with van der Waals surface area (Å²) in [6, 6.07) is 6.73. The fourth-order valence-electron chi connectivity index (χ4n) is 3.06. The zero-order valence-corrected chi connectivity index (χ0v) is 12.7. The van der Waals surface area contributed by atoms with Crippen LogP contribution in [-0.2, 0) is 19.4 Å². The van der Waals surface area contributed by atoms with Crippen LogP contribution in [0.25, 0.3) is 10.9 Å². The molecule has 0 saturated carbocycles. The zero-order chi connectivity index (χ0) is 15.6. The lowest BCUT2D eigenvalue weighted by Crippen LogP contribution is -2.16. The van der Waals surface area contributed by atoms with Crippen molar-refractivity contribution in [2.24, 2.45) is 0 Å². The molecule has 0 radical (unpaired) electrons. The molecular weight excluding hydrogens is 293 g/mol. The number of anilines is 1. The monoisotopic (exact) mass is 311 g/mol. The molecule has 1 aliphatic heterocycles. The third kappa shape index (κ3) is 2.90. The fourth-order valence-corrected chi connectivity index (χ4v) is 3.06. The Hall–Kier alpha value is -2.47. The van der Waals surface area contributed by atoms with Crippen molar-refractivity contribution < 1.29 is 4.39 Å². The molecule has 3 aromatic rings. The highest BCUT2D eigenvalue weighted by Gasteiger charge is 2.14. The molecule has 0 atom stereocenters. The summed E-state index contributed by atoms with van der Waals surface area (Å²) in [6.07, 6.45) is 3.47. The molecule has 3 N–H and O–H groups in total. The number of fused-ring (bicyclic) bond motifs is 2. The van der Waals surface area contributed by atoms with Gasteiger partial charge in [-0.15, -0.1) is 0 Å². The first-order valence-electron chi connectivity index (χ1n) is 7.84. The Morgan fingerprint density at radius 2 is 2.04 bits per heavy atom. The van der Waals surface area contributed by atoms with Crippen LogP contribution >= 0.6 is 0 Å². The van der Waals surface area contributed by atoms with Gasteiger partial charge in [-0.1, -0.05) is 0 Å². The Kier molecular flexibility index (Phi) is 3.67. The van der Waals surface area contributed by atoms with E-state index in [4.69, 9.17) is 0 Å². The van der Waals surface area contributed by atoms with Gasteiger partial charge in [0.2, 0.25) is 0 Å². The molecule has 1 aromatic carbocycles. The minimum atomic E-state index is -0.218. The van der Waals surface area contributed by atoms with Crippen LogP contribution < -0.4 is 10.6 Å². The molecular formula is C17H18FN5. The molecule has 0 unspecified atom stereocenters. The zero-order valence-electron chi connectivity index (χ0n) is 12.7. The van der Waals surface area contributed by atoms with Crippen LogP contribution in [0.3, 0.4) is 0 Å². The SMILES string of the molecule is Fc1ccc2[nH]c(CNc3ncnc4c3CCNCC4)cc2c1. The van der Waals surface area contributed by atoms with Gasteiger partial charge in [-0.25, -0.2) is 14.4 Å². The van der Waals surface area contributed by atoms with E-state index in [1.54, 1.807) is 12.4 Å². The van der Waals surface area contributed by atoms with Crippen molar-refractivity contribution in [3.63, 3.8) is 0 Å². The maximum atomic E-state index is 13.3. The Bertz CT molecular complexity index is 842. The van der Waals surface area contributed by atoms with Gasteiger partial charge in [0.15, 0.2) is 0 Å². The number of rotatable bonds is 3. The summed E-state index contributed by atoms with van der Waals surface area (Å²) in [6.45, 7) is 2.52. The summed E-state index contributed by atoms with van der Waals surface area (Å²) in [5.74, 6) is 0.674. The molecule has 2 aromatic heterocycles. The van der Waals surface area contributed by atoms with E-state index in [1.807, 2.05) is 6.07 Å². The number of benzene rings is 1. The predicted molar refractivity (Wildman–Crippen MR) is 87.9 cm³/mol. The molecule has 4 rings (SSSR count). The fraction of sp³-hybridized carbons (Fsp3) is 0.294. The van der Waals surface area contributed by atoms with Crippen LogP contribution in [0.2, 0.25) is 0 Å². The molecule has 23 heavy (non-hydrogen) atoms. The molecule has 1 aliphatic rings. The summed E-state index contributed by atoms with van der Waals surface area (Å²) in [5, 5.41) is 7.65. The summed E-state index contributed by atoms with van der Waals surface area (Å²) in [7, 11) is 0. The van der Waals surface area contributed by atoms with Crippen LogP contribution in [0.15, 0.2) is 30.6 Å². The van der Waals surface area contributed by atoms with E-state index in [9.17, 15) is 4.39 Å². The normalized spacial score (nSPS) is 14.5. The van der Waals surface area contributed by atoms with Gasteiger partial charge in [-0.3, -0.25) is 0 Å². The second-order valence-corrected chi connectivity index (χ2v) is 5.78. The van der Waals surface area contributed by atoms with Crippen LogP contribution in [0.1, 0.15) is 17.0 Å². The lowest BCUT2D eigenvalue weighted by atomic mass is 10.1. The molecule has 0 aliphatic carbocycles. The average Bonchev–Trinajstić information content (AvgIpc) is 2.79. The van der Waals surface area contributed by atoms with Crippen molar-refractivity contribution in [2.75, 3.05) is 18.4 Å². The summed E-state index contributed by atoms with van der Waals surface area (Å²) in [4.78, 5) is 12.1. The predicted octanol–water partition coefficient (Wildman–Crippen LogP) is 2.40. The summed E-state index contributed by atoms with van der Waals surface area (Å²) >= 11 is 0. The Labute approximate surface area is 133 Å². The van der Waals surface area contributed by atoms with Gasteiger partial charge in [0.05, 0.1) is 12.2 Å². The Morgan fingerprint density at radius 1 is 1.13 bits per heavy atom. The van der Waals surface area contributed by atoms with E-state index in [0.717, 1.165) is 54.0 Å². The van der Waals surface area contributed by atoms with E-state index in [2.05, 4.69) is 25.6 Å². The first-order chi connectivity index (χ1) is 11.3. The van der Waals surface area contributed by atoms with Crippen molar-refractivity contribution in [2.45, 2.75) is 19.4 Å². The number of halogens is 1. The number of aromatic nitrogens is 3. The van der Waals surface area contributed by atoms with Gasteiger partial charge in [-0.05, 0) is 37.2 Å². The molecule has 0 spiro atoms. The van der Waals surface area contributed by atoms with Crippen LogP contribution in [0, 0.1) is 5.82 Å². The lowest BCUT2D eigenvalue weighted by molar-refractivity contribution is 0.630. The van der Waals surface area contributed by atoms with Crippen molar-refractivity contribution in [3.8, 4) is 0 Å². The number of nitrogens with one attached hydrogen (secondary N) is 3. The highest BCUT2D eigenvalue weighted by molar-refractivity contribution is 5.80. The minimum absolute atomic E-state index is 0.218.